The van der Waals surface area contributed by atoms with Crippen molar-refractivity contribution in [1.82, 2.24) is 4.98 Å². The average Bonchev–Trinajstić information content (AvgIpc) is 2.15. The van der Waals surface area contributed by atoms with Crippen LogP contribution in [-0.2, 0) is 9.84 Å². The molecule has 0 aromatic carbocycles. The van der Waals surface area contributed by atoms with Crippen LogP contribution in [0, 0.1) is 5.95 Å². The van der Waals surface area contributed by atoms with Gasteiger partial charge in [-0.1, -0.05) is 0 Å². The van der Waals surface area contributed by atoms with Crippen LogP contribution < -0.4 is 5.32 Å². The molecule has 0 unspecified atom stereocenters. The molecule has 1 heterocycles. The minimum absolute atomic E-state index is 0.249. The summed E-state index contributed by atoms with van der Waals surface area (Å²) in [4.78, 5) is 3.46. The van der Waals surface area contributed by atoms with Crippen LogP contribution in [0.3, 0.4) is 0 Å². The number of anilines is 1. The third kappa shape index (κ3) is 3.16. The molecule has 0 radical (unpaired) electrons. The molecule has 0 saturated carbocycles. The van der Waals surface area contributed by atoms with E-state index in [9.17, 15) is 12.8 Å². The Morgan fingerprint density at radius 3 is 2.50 bits per heavy atom. The molecule has 16 heavy (non-hydrogen) atoms. The molecule has 0 fully saturated rings. The Kier molecular flexibility index (Phi) is 3.52. The first kappa shape index (κ1) is 12.9. The third-order valence-electron chi connectivity index (χ3n) is 2.45. The summed E-state index contributed by atoms with van der Waals surface area (Å²) in [5.41, 5.74) is 0.595. The first-order valence-electron chi connectivity index (χ1n) is 4.77. The largest absolute Gasteiger partial charge is 0.382 e. The summed E-state index contributed by atoms with van der Waals surface area (Å²) in [6, 6.07) is 2.73. The molecule has 0 amide bonds. The second kappa shape index (κ2) is 4.37. The fourth-order valence-electron chi connectivity index (χ4n) is 0.926. The number of halogens is 1. The van der Waals surface area contributed by atoms with E-state index in [1.165, 1.54) is 24.6 Å². The van der Waals surface area contributed by atoms with Gasteiger partial charge in [-0.15, -0.1) is 0 Å². The summed E-state index contributed by atoms with van der Waals surface area (Å²) in [6.07, 6.45) is 2.52. The maximum absolute atomic E-state index is 12.5. The van der Waals surface area contributed by atoms with Gasteiger partial charge >= 0.3 is 0 Å². The van der Waals surface area contributed by atoms with Crippen LogP contribution in [0.1, 0.15) is 13.8 Å². The van der Waals surface area contributed by atoms with Crippen LogP contribution in [0.2, 0.25) is 0 Å². The van der Waals surface area contributed by atoms with E-state index in [1.807, 2.05) is 0 Å². The van der Waals surface area contributed by atoms with Gasteiger partial charge in [0.15, 0.2) is 9.84 Å². The fourth-order valence-corrected chi connectivity index (χ4v) is 1.26. The van der Waals surface area contributed by atoms with Gasteiger partial charge < -0.3 is 5.32 Å². The number of pyridine rings is 1. The minimum Gasteiger partial charge on any atom is -0.382 e. The summed E-state index contributed by atoms with van der Waals surface area (Å²) in [6.45, 7) is 3.51. The number of hydrogen-bond donors (Lipinski definition) is 1. The van der Waals surface area contributed by atoms with Gasteiger partial charge in [0, 0.05) is 12.8 Å². The molecule has 1 rings (SSSR count). The SMILES string of the molecule is CC(C)(CNc1ccc(F)nc1)S(C)(=O)=O. The van der Waals surface area contributed by atoms with E-state index >= 15 is 0 Å². The average molecular weight is 246 g/mol. The van der Waals surface area contributed by atoms with Crippen molar-refractivity contribution in [3.63, 3.8) is 0 Å². The maximum Gasteiger partial charge on any atom is 0.212 e. The number of sulfone groups is 1. The lowest BCUT2D eigenvalue weighted by Crippen LogP contribution is -2.38. The predicted molar refractivity (Wildman–Crippen MR) is 61.6 cm³/mol. The smallest absolute Gasteiger partial charge is 0.212 e. The molecule has 0 bridgehead atoms. The van der Waals surface area contributed by atoms with Gasteiger partial charge in [0.05, 0.1) is 16.6 Å². The first-order chi connectivity index (χ1) is 7.22. The summed E-state index contributed by atoms with van der Waals surface area (Å²) in [5, 5.41) is 2.91. The quantitative estimate of drug-likeness (QED) is 0.817. The van der Waals surface area contributed by atoms with Crippen LogP contribution in [0.15, 0.2) is 18.3 Å². The van der Waals surface area contributed by atoms with E-state index in [4.69, 9.17) is 0 Å². The van der Waals surface area contributed by atoms with Crippen LogP contribution in [0.25, 0.3) is 0 Å². The zero-order valence-corrected chi connectivity index (χ0v) is 10.3. The van der Waals surface area contributed by atoms with E-state index in [2.05, 4.69) is 10.3 Å². The molecule has 0 saturated heterocycles. The van der Waals surface area contributed by atoms with Crippen molar-refractivity contribution in [2.24, 2.45) is 0 Å². The van der Waals surface area contributed by atoms with Crippen molar-refractivity contribution in [2.75, 3.05) is 18.1 Å². The molecule has 0 aliphatic carbocycles. The minimum atomic E-state index is -3.14. The van der Waals surface area contributed by atoms with Gasteiger partial charge in [-0.2, -0.15) is 4.39 Å². The Balaban J connectivity index is 2.68. The van der Waals surface area contributed by atoms with Gasteiger partial charge in [0.25, 0.3) is 0 Å². The summed E-state index contributed by atoms with van der Waals surface area (Å²) < 4.78 is 34.5. The lowest BCUT2D eigenvalue weighted by molar-refractivity contribution is 0.559. The van der Waals surface area contributed by atoms with Crippen molar-refractivity contribution in [3.05, 3.63) is 24.3 Å². The van der Waals surface area contributed by atoms with Crippen molar-refractivity contribution in [2.45, 2.75) is 18.6 Å². The Hall–Kier alpha value is -1.17. The van der Waals surface area contributed by atoms with E-state index in [0.29, 0.717) is 5.69 Å². The lowest BCUT2D eigenvalue weighted by Gasteiger charge is -2.23. The van der Waals surface area contributed by atoms with Crippen LogP contribution in [0.5, 0.6) is 0 Å². The normalized spacial score (nSPS) is 12.5. The lowest BCUT2D eigenvalue weighted by atomic mass is 10.2. The van der Waals surface area contributed by atoms with Crippen LogP contribution >= 0.6 is 0 Å². The summed E-state index contributed by atoms with van der Waals surface area (Å²) >= 11 is 0. The van der Waals surface area contributed by atoms with Crippen LogP contribution in [-0.4, -0.2) is 30.9 Å². The fraction of sp³-hybridized carbons (Fsp3) is 0.500. The Morgan fingerprint density at radius 1 is 1.44 bits per heavy atom. The van der Waals surface area contributed by atoms with E-state index in [1.54, 1.807) is 13.8 Å². The topological polar surface area (TPSA) is 59.1 Å². The number of nitrogens with one attached hydrogen (secondary N) is 1. The van der Waals surface area contributed by atoms with Crippen molar-refractivity contribution in [3.8, 4) is 0 Å². The van der Waals surface area contributed by atoms with Gasteiger partial charge in [-0.05, 0) is 26.0 Å². The summed E-state index contributed by atoms with van der Waals surface area (Å²) in [5.74, 6) is -0.562. The van der Waals surface area contributed by atoms with Crippen molar-refractivity contribution < 1.29 is 12.8 Å². The van der Waals surface area contributed by atoms with Crippen LogP contribution in [0.4, 0.5) is 10.1 Å². The second-order valence-electron chi connectivity index (χ2n) is 4.26. The number of nitrogens with zero attached hydrogens (tertiary/aromatic N) is 1. The standard InChI is InChI=1S/C10H15FN2O2S/c1-10(2,16(3,14)15)7-13-8-4-5-9(11)12-6-8/h4-6,13H,7H2,1-3H3. The highest BCUT2D eigenvalue weighted by molar-refractivity contribution is 7.92. The molecule has 1 N–H and O–H groups in total. The van der Waals surface area contributed by atoms with Gasteiger partial charge in [0.1, 0.15) is 0 Å². The van der Waals surface area contributed by atoms with Gasteiger partial charge in [-0.3, -0.25) is 0 Å². The zero-order chi connectivity index (χ0) is 12.4. The van der Waals surface area contributed by atoms with Crippen molar-refractivity contribution in [1.29, 1.82) is 0 Å². The highest BCUT2D eigenvalue weighted by Gasteiger charge is 2.29. The number of aromatic nitrogens is 1. The molecule has 0 atom stereocenters. The van der Waals surface area contributed by atoms with E-state index < -0.39 is 20.5 Å². The predicted octanol–water partition coefficient (Wildman–Crippen LogP) is 1.46. The van der Waals surface area contributed by atoms with Crippen molar-refractivity contribution >= 4 is 15.5 Å². The maximum atomic E-state index is 12.5. The molecular weight excluding hydrogens is 231 g/mol. The number of hydrogen-bond acceptors (Lipinski definition) is 4. The molecule has 6 heteroatoms. The van der Waals surface area contributed by atoms with Gasteiger partial charge in [0.2, 0.25) is 5.95 Å². The molecule has 0 aliphatic heterocycles. The highest BCUT2D eigenvalue weighted by Crippen LogP contribution is 2.16. The number of rotatable bonds is 4. The Labute approximate surface area is 94.8 Å². The first-order valence-corrected chi connectivity index (χ1v) is 6.66. The Bertz CT molecular complexity index is 454. The molecule has 1 aromatic heterocycles. The highest BCUT2D eigenvalue weighted by atomic mass is 32.2. The molecule has 0 aliphatic rings. The monoisotopic (exact) mass is 246 g/mol. The molecule has 4 nitrogen and oxygen atoms in total. The van der Waals surface area contributed by atoms with E-state index in [-0.39, 0.29) is 6.54 Å². The van der Waals surface area contributed by atoms with E-state index in [0.717, 1.165) is 0 Å². The molecule has 1 aromatic rings. The summed E-state index contributed by atoms with van der Waals surface area (Å²) in [7, 11) is -3.14. The zero-order valence-electron chi connectivity index (χ0n) is 9.49. The molecule has 90 valence electrons. The third-order valence-corrected chi connectivity index (χ3v) is 4.60. The molecular formula is C10H15FN2O2S. The van der Waals surface area contributed by atoms with Gasteiger partial charge in [-0.25, -0.2) is 13.4 Å². The second-order valence-corrected chi connectivity index (χ2v) is 6.90. The Morgan fingerprint density at radius 2 is 2.06 bits per heavy atom. The molecule has 0 spiro atoms.